The fraction of sp³-hybridized carbons (Fsp3) is 0.562. The number of nitrogens with one attached hydrogen (secondary N) is 1. The van der Waals surface area contributed by atoms with Crippen LogP contribution in [-0.4, -0.2) is 52.3 Å². The van der Waals surface area contributed by atoms with E-state index in [0.29, 0.717) is 24.8 Å². The van der Waals surface area contributed by atoms with E-state index in [9.17, 15) is 5.26 Å². The van der Waals surface area contributed by atoms with E-state index in [1.54, 1.807) is 13.4 Å². The van der Waals surface area contributed by atoms with Crippen molar-refractivity contribution in [2.45, 2.75) is 32.9 Å². The van der Waals surface area contributed by atoms with Gasteiger partial charge >= 0.3 is 0 Å². The predicted molar refractivity (Wildman–Crippen MR) is 87.3 cm³/mol. The van der Waals surface area contributed by atoms with Crippen molar-refractivity contribution in [3.05, 3.63) is 23.0 Å². The molecule has 1 aliphatic heterocycles. The first-order valence-electron chi connectivity index (χ1n) is 7.91. The number of nitriles is 1. The Hall–Kier alpha value is -2.17. The molecule has 122 valence electrons. The van der Waals surface area contributed by atoms with E-state index < -0.39 is 0 Å². The van der Waals surface area contributed by atoms with Crippen LogP contribution in [0.3, 0.4) is 0 Å². The molecule has 0 bridgehead atoms. The quantitative estimate of drug-likeness (QED) is 0.841. The number of anilines is 1. The molecule has 0 amide bonds. The first-order chi connectivity index (χ1) is 11.2. The second-order valence-corrected chi connectivity index (χ2v) is 6.05. The molecule has 0 aromatic carbocycles. The third kappa shape index (κ3) is 2.76. The maximum atomic E-state index is 9.71. The minimum Gasteiger partial charge on any atom is -0.383 e. The van der Waals surface area contributed by atoms with Crippen molar-refractivity contribution in [2.75, 3.05) is 32.1 Å². The van der Waals surface area contributed by atoms with Crippen LogP contribution in [-0.2, 0) is 17.7 Å². The highest BCUT2D eigenvalue weighted by Gasteiger charge is 2.27. The molecule has 3 rings (SSSR count). The van der Waals surface area contributed by atoms with Gasteiger partial charge in [0.25, 0.3) is 0 Å². The van der Waals surface area contributed by atoms with Gasteiger partial charge in [-0.3, -0.25) is 9.30 Å². The predicted octanol–water partition coefficient (Wildman–Crippen LogP) is 1.43. The average Bonchev–Trinajstić information content (AvgIpc) is 3.04. The molecule has 0 saturated heterocycles. The van der Waals surface area contributed by atoms with Crippen LogP contribution in [0.2, 0.25) is 0 Å². The summed E-state index contributed by atoms with van der Waals surface area (Å²) in [6.45, 7) is 7.36. The van der Waals surface area contributed by atoms with Crippen LogP contribution in [0.15, 0.2) is 6.33 Å². The van der Waals surface area contributed by atoms with E-state index in [2.05, 4.69) is 40.3 Å². The molecule has 7 nitrogen and oxygen atoms in total. The van der Waals surface area contributed by atoms with E-state index >= 15 is 0 Å². The Balaban J connectivity index is 2.11. The molecule has 0 atom stereocenters. The van der Waals surface area contributed by atoms with Gasteiger partial charge in [-0.15, -0.1) is 10.2 Å². The number of hydrogen-bond donors (Lipinski definition) is 1. The highest BCUT2D eigenvalue weighted by molar-refractivity contribution is 5.68. The molecule has 0 saturated carbocycles. The first kappa shape index (κ1) is 15.7. The molecular weight excluding hydrogens is 292 g/mol. The molecule has 0 unspecified atom stereocenters. The number of pyridine rings is 1. The van der Waals surface area contributed by atoms with Crippen LogP contribution >= 0.6 is 0 Å². The molecule has 7 heteroatoms. The third-order valence-electron chi connectivity index (χ3n) is 4.41. The van der Waals surface area contributed by atoms with E-state index in [0.717, 1.165) is 42.1 Å². The lowest BCUT2D eigenvalue weighted by Gasteiger charge is -2.33. The summed E-state index contributed by atoms with van der Waals surface area (Å²) in [5.41, 5.74) is 3.76. The van der Waals surface area contributed by atoms with Crippen molar-refractivity contribution < 1.29 is 4.74 Å². The molecular formula is C16H22N6O. The van der Waals surface area contributed by atoms with Gasteiger partial charge in [-0.25, -0.2) is 0 Å². The zero-order valence-corrected chi connectivity index (χ0v) is 13.8. The minimum atomic E-state index is 0.469. The van der Waals surface area contributed by atoms with Gasteiger partial charge in [0.15, 0.2) is 5.65 Å². The maximum absolute atomic E-state index is 9.71. The zero-order valence-electron chi connectivity index (χ0n) is 13.8. The van der Waals surface area contributed by atoms with Gasteiger partial charge in [0.2, 0.25) is 0 Å². The number of aromatic nitrogens is 3. The topological polar surface area (TPSA) is 78.5 Å². The standard InChI is InChI=1S/C16H22N6O/c1-11(2)21-6-4-12-13(8-17)15(18-5-7-23-3)22-10-19-20-16(22)14(12)9-21/h10-11,18H,4-7,9H2,1-3H3. The summed E-state index contributed by atoms with van der Waals surface area (Å²) in [4.78, 5) is 2.40. The monoisotopic (exact) mass is 314 g/mol. The number of nitrogens with zero attached hydrogens (tertiary/aromatic N) is 5. The molecule has 3 heterocycles. The number of hydrogen-bond acceptors (Lipinski definition) is 6. The fourth-order valence-electron chi connectivity index (χ4n) is 3.14. The summed E-state index contributed by atoms with van der Waals surface area (Å²) in [5.74, 6) is 0.765. The summed E-state index contributed by atoms with van der Waals surface area (Å²) < 4.78 is 6.98. The van der Waals surface area contributed by atoms with Gasteiger partial charge in [-0.1, -0.05) is 0 Å². The zero-order chi connectivity index (χ0) is 16.4. The summed E-state index contributed by atoms with van der Waals surface area (Å²) >= 11 is 0. The van der Waals surface area contributed by atoms with Crippen molar-refractivity contribution in [1.29, 1.82) is 5.26 Å². The largest absolute Gasteiger partial charge is 0.383 e. The number of ether oxygens (including phenoxy) is 1. The second-order valence-electron chi connectivity index (χ2n) is 6.05. The number of fused-ring (bicyclic) bond motifs is 3. The average molecular weight is 314 g/mol. The normalized spacial score (nSPS) is 14.9. The van der Waals surface area contributed by atoms with Gasteiger partial charge in [-0.05, 0) is 25.8 Å². The van der Waals surface area contributed by atoms with E-state index in [1.807, 2.05) is 4.40 Å². The fourth-order valence-corrected chi connectivity index (χ4v) is 3.14. The first-order valence-corrected chi connectivity index (χ1v) is 7.91. The Morgan fingerprint density at radius 2 is 2.26 bits per heavy atom. The lowest BCUT2D eigenvalue weighted by molar-refractivity contribution is 0.204. The van der Waals surface area contributed by atoms with Crippen LogP contribution < -0.4 is 5.32 Å². The van der Waals surface area contributed by atoms with Crippen molar-refractivity contribution in [2.24, 2.45) is 0 Å². The Bertz CT molecular complexity index is 745. The Morgan fingerprint density at radius 3 is 2.96 bits per heavy atom. The van der Waals surface area contributed by atoms with Crippen molar-refractivity contribution in [3.8, 4) is 6.07 Å². The van der Waals surface area contributed by atoms with Crippen LogP contribution in [0.5, 0.6) is 0 Å². The lowest BCUT2D eigenvalue weighted by atomic mass is 9.95. The molecule has 0 fully saturated rings. The highest BCUT2D eigenvalue weighted by atomic mass is 16.5. The highest BCUT2D eigenvalue weighted by Crippen LogP contribution is 2.31. The SMILES string of the molecule is COCCNc1c(C#N)c2c(c3nncn13)CN(C(C)C)CC2. The molecule has 23 heavy (non-hydrogen) atoms. The van der Waals surface area contributed by atoms with E-state index in [4.69, 9.17) is 4.74 Å². The van der Waals surface area contributed by atoms with Crippen LogP contribution in [0.4, 0.5) is 5.82 Å². The van der Waals surface area contributed by atoms with Gasteiger partial charge in [0.05, 0.1) is 12.2 Å². The van der Waals surface area contributed by atoms with Gasteiger partial charge in [-0.2, -0.15) is 5.26 Å². The summed E-state index contributed by atoms with van der Waals surface area (Å²) in [6.07, 6.45) is 2.53. The second kappa shape index (κ2) is 6.52. The molecule has 2 aromatic heterocycles. The van der Waals surface area contributed by atoms with E-state index in [1.165, 1.54) is 0 Å². The van der Waals surface area contributed by atoms with Crippen molar-refractivity contribution in [3.63, 3.8) is 0 Å². The molecule has 1 N–H and O–H groups in total. The van der Waals surface area contributed by atoms with Crippen LogP contribution in [0.25, 0.3) is 5.65 Å². The van der Waals surface area contributed by atoms with Gasteiger partial charge in [0, 0.05) is 38.3 Å². The Labute approximate surface area is 135 Å². The smallest absolute Gasteiger partial charge is 0.167 e. The van der Waals surface area contributed by atoms with Gasteiger partial charge in [0.1, 0.15) is 18.2 Å². The molecule has 0 radical (unpaired) electrons. The Kier molecular flexibility index (Phi) is 4.46. The Morgan fingerprint density at radius 1 is 1.43 bits per heavy atom. The molecule has 2 aromatic rings. The third-order valence-corrected chi connectivity index (χ3v) is 4.41. The number of rotatable bonds is 5. The maximum Gasteiger partial charge on any atom is 0.167 e. The van der Waals surface area contributed by atoms with Crippen LogP contribution in [0.1, 0.15) is 30.5 Å². The van der Waals surface area contributed by atoms with Gasteiger partial charge < -0.3 is 10.1 Å². The summed E-state index contributed by atoms with van der Waals surface area (Å²) in [5, 5.41) is 21.4. The van der Waals surface area contributed by atoms with Crippen molar-refractivity contribution in [1.82, 2.24) is 19.5 Å². The molecule has 0 aliphatic carbocycles. The van der Waals surface area contributed by atoms with Crippen molar-refractivity contribution >= 4 is 11.5 Å². The molecule has 0 spiro atoms. The summed E-state index contributed by atoms with van der Waals surface area (Å²) in [6, 6.07) is 2.85. The minimum absolute atomic E-state index is 0.469. The molecule has 1 aliphatic rings. The summed E-state index contributed by atoms with van der Waals surface area (Å²) in [7, 11) is 1.66. The van der Waals surface area contributed by atoms with Crippen LogP contribution in [0, 0.1) is 11.3 Å². The number of methoxy groups -OCH3 is 1. The van der Waals surface area contributed by atoms with E-state index in [-0.39, 0.29) is 0 Å². The lowest BCUT2D eigenvalue weighted by Crippen LogP contribution is -2.36.